The van der Waals surface area contributed by atoms with E-state index in [1.54, 1.807) is 23.1 Å². The van der Waals surface area contributed by atoms with Gasteiger partial charge < -0.3 is 19.7 Å². The summed E-state index contributed by atoms with van der Waals surface area (Å²) in [6.07, 6.45) is 2.67. The lowest BCUT2D eigenvalue weighted by Gasteiger charge is -2.16. The highest BCUT2D eigenvalue weighted by Crippen LogP contribution is 2.41. The number of fused-ring (bicyclic) bond motifs is 1. The first-order valence-electron chi connectivity index (χ1n) is 8.05. The standard InChI is InChI=1S/C17H22N2O4/c1-3-4-7-19(2)17(21)13-9-12(13)16(20)18-11-5-6-14-15(8-11)23-10-22-14/h5-6,8,12-13H,3-4,7,9-10H2,1-2H3,(H,18,20). The van der Waals surface area contributed by atoms with Crippen molar-refractivity contribution in [2.24, 2.45) is 11.8 Å². The second-order valence-electron chi connectivity index (χ2n) is 6.12. The molecule has 0 bridgehead atoms. The fourth-order valence-electron chi connectivity index (χ4n) is 2.76. The summed E-state index contributed by atoms with van der Waals surface area (Å²) < 4.78 is 10.5. The predicted octanol–water partition coefficient (Wildman–Crippen LogP) is 2.25. The number of carbonyl (C=O) groups excluding carboxylic acids is 2. The van der Waals surface area contributed by atoms with Crippen molar-refractivity contribution in [2.45, 2.75) is 26.2 Å². The molecule has 0 aromatic heterocycles. The van der Waals surface area contributed by atoms with Crippen LogP contribution in [0.15, 0.2) is 18.2 Å². The predicted molar refractivity (Wildman–Crippen MR) is 85.3 cm³/mol. The molecule has 1 heterocycles. The Balaban J connectivity index is 1.53. The van der Waals surface area contributed by atoms with Crippen LogP contribution < -0.4 is 14.8 Å². The van der Waals surface area contributed by atoms with Crippen molar-refractivity contribution in [3.8, 4) is 11.5 Å². The van der Waals surface area contributed by atoms with Crippen LogP contribution in [-0.2, 0) is 9.59 Å². The molecule has 1 fully saturated rings. The number of hydrogen-bond donors (Lipinski definition) is 1. The average molecular weight is 318 g/mol. The first-order valence-corrected chi connectivity index (χ1v) is 8.05. The van der Waals surface area contributed by atoms with E-state index in [1.807, 2.05) is 7.05 Å². The highest BCUT2D eigenvalue weighted by Gasteiger charge is 2.49. The van der Waals surface area contributed by atoms with E-state index in [1.165, 1.54) is 0 Å². The summed E-state index contributed by atoms with van der Waals surface area (Å²) >= 11 is 0. The number of benzene rings is 1. The zero-order chi connectivity index (χ0) is 16.4. The van der Waals surface area contributed by atoms with Crippen LogP contribution in [0.4, 0.5) is 5.69 Å². The van der Waals surface area contributed by atoms with E-state index in [-0.39, 0.29) is 30.4 Å². The van der Waals surface area contributed by atoms with Crippen LogP contribution >= 0.6 is 0 Å². The van der Waals surface area contributed by atoms with E-state index in [2.05, 4.69) is 12.2 Å². The zero-order valence-electron chi connectivity index (χ0n) is 13.5. The molecule has 2 amide bonds. The van der Waals surface area contributed by atoms with Gasteiger partial charge in [-0.3, -0.25) is 9.59 Å². The van der Waals surface area contributed by atoms with Gasteiger partial charge >= 0.3 is 0 Å². The minimum absolute atomic E-state index is 0.0734. The lowest BCUT2D eigenvalue weighted by Crippen LogP contribution is -2.30. The summed E-state index contributed by atoms with van der Waals surface area (Å²) in [5.41, 5.74) is 0.664. The number of nitrogens with zero attached hydrogens (tertiary/aromatic N) is 1. The molecule has 0 spiro atoms. The minimum Gasteiger partial charge on any atom is -0.454 e. The molecule has 2 unspecified atom stereocenters. The molecule has 1 saturated carbocycles. The first-order chi connectivity index (χ1) is 11.1. The highest BCUT2D eigenvalue weighted by atomic mass is 16.7. The molecule has 1 aromatic rings. The SMILES string of the molecule is CCCCN(C)C(=O)C1CC1C(=O)Nc1ccc2c(c1)OCO2. The van der Waals surface area contributed by atoms with E-state index in [9.17, 15) is 9.59 Å². The number of carbonyl (C=O) groups is 2. The van der Waals surface area contributed by atoms with Gasteiger partial charge in [0.25, 0.3) is 0 Å². The summed E-state index contributed by atoms with van der Waals surface area (Å²) in [5.74, 6) is 0.879. The molecule has 1 N–H and O–H groups in total. The molecule has 2 aliphatic rings. The number of unbranched alkanes of at least 4 members (excludes halogenated alkanes) is 1. The van der Waals surface area contributed by atoms with Gasteiger partial charge in [0.2, 0.25) is 18.6 Å². The van der Waals surface area contributed by atoms with Crippen molar-refractivity contribution in [2.75, 3.05) is 25.7 Å². The Bertz CT molecular complexity index is 617. The number of nitrogens with one attached hydrogen (secondary N) is 1. The van der Waals surface area contributed by atoms with Crippen molar-refractivity contribution in [1.82, 2.24) is 4.90 Å². The van der Waals surface area contributed by atoms with Crippen molar-refractivity contribution < 1.29 is 19.1 Å². The van der Waals surface area contributed by atoms with Gasteiger partial charge in [0, 0.05) is 25.3 Å². The van der Waals surface area contributed by atoms with Gasteiger partial charge in [0.1, 0.15) is 0 Å². The van der Waals surface area contributed by atoms with E-state index >= 15 is 0 Å². The molecular weight excluding hydrogens is 296 g/mol. The van der Waals surface area contributed by atoms with E-state index in [4.69, 9.17) is 9.47 Å². The Labute approximate surface area is 135 Å². The third-order valence-corrected chi connectivity index (χ3v) is 4.31. The van der Waals surface area contributed by atoms with E-state index < -0.39 is 0 Å². The smallest absolute Gasteiger partial charge is 0.231 e. The molecule has 1 aliphatic heterocycles. The van der Waals surface area contributed by atoms with Crippen LogP contribution in [0.5, 0.6) is 11.5 Å². The second-order valence-corrected chi connectivity index (χ2v) is 6.12. The molecule has 0 saturated heterocycles. The first kappa shape index (κ1) is 15.6. The molecular formula is C17H22N2O4. The monoisotopic (exact) mass is 318 g/mol. The van der Waals surface area contributed by atoms with Gasteiger partial charge in [-0.2, -0.15) is 0 Å². The zero-order valence-corrected chi connectivity index (χ0v) is 13.5. The molecule has 3 rings (SSSR count). The third-order valence-electron chi connectivity index (χ3n) is 4.31. The lowest BCUT2D eigenvalue weighted by atomic mass is 10.2. The second kappa shape index (κ2) is 6.48. The molecule has 1 aromatic carbocycles. The van der Waals surface area contributed by atoms with Gasteiger partial charge in [-0.1, -0.05) is 13.3 Å². The molecule has 124 valence electrons. The summed E-state index contributed by atoms with van der Waals surface area (Å²) in [6.45, 7) is 3.05. The Morgan fingerprint density at radius 1 is 1.26 bits per heavy atom. The average Bonchev–Trinajstić information content (AvgIpc) is 3.22. The third kappa shape index (κ3) is 3.41. The van der Waals surface area contributed by atoms with Crippen molar-refractivity contribution >= 4 is 17.5 Å². The number of hydrogen-bond acceptors (Lipinski definition) is 4. The lowest BCUT2D eigenvalue weighted by molar-refractivity contribution is -0.132. The highest BCUT2D eigenvalue weighted by molar-refractivity contribution is 5.99. The van der Waals surface area contributed by atoms with Gasteiger partial charge in [-0.05, 0) is 25.0 Å². The Hall–Kier alpha value is -2.24. The van der Waals surface area contributed by atoms with Gasteiger partial charge in [-0.25, -0.2) is 0 Å². The topological polar surface area (TPSA) is 67.9 Å². The molecule has 6 heteroatoms. The van der Waals surface area contributed by atoms with Crippen molar-refractivity contribution in [1.29, 1.82) is 0 Å². The molecule has 23 heavy (non-hydrogen) atoms. The molecule has 1 aliphatic carbocycles. The van der Waals surface area contributed by atoms with E-state index in [0.29, 0.717) is 23.6 Å². The largest absolute Gasteiger partial charge is 0.454 e. The van der Waals surface area contributed by atoms with E-state index in [0.717, 1.165) is 19.4 Å². The summed E-state index contributed by atoms with van der Waals surface area (Å²) in [7, 11) is 1.81. The van der Waals surface area contributed by atoms with Crippen LogP contribution in [0.2, 0.25) is 0 Å². The maximum absolute atomic E-state index is 12.3. The molecule has 2 atom stereocenters. The van der Waals surface area contributed by atoms with Crippen LogP contribution in [0.25, 0.3) is 0 Å². The fourth-order valence-corrected chi connectivity index (χ4v) is 2.76. The molecule has 6 nitrogen and oxygen atoms in total. The van der Waals surface area contributed by atoms with Crippen LogP contribution in [-0.4, -0.2) is 37.1 Å². The Morgan fingerprint density at radius 3 is 2.83 bits per heavy atom. The Kier molecular flexibility index (Phi) is 4.41. The summed E-state index contributed by atoms with van der Waals surface area (Å²) in [6, 6.07) is 5.29. The Morgan fingerprint density at radius 2 is 2.04 bits per heavy atom. The van der Waals surface area contributed by atoms with Crippen LogP contribution in [0, 0.1) is 11.8 Å². The number of anilines is 1. The normalized spacial score (nSPS) is 21.0. The maximum Gasteiger partial charge on any atom is 0.231 e. The summed E-state index contributed by atoms with van der Waals surface area (Å²) in [4.78, 5) is 26.3. The van der Waals surface area contributed by atoms with Gasteiger partial charge in [0.15, 0.2) is 11.5 Å². The minimum atomic E-state index is -0.225. The van der Waals surface area contributed by atoms with Crippen molar-refractivity contribution in [3.63, 3.8) is 0 Å². The summed E-state index contributed by atoms with van der Waals surface area (Å²) in [5, 5.41) is 2.86. The number of amides is 2. The van der Waals surface area contributed by atoms with Gasteiger partial charge in [-0.15, -0.1) is 0 Å². The van der Waals surface area contributed by atoms with Crippen LogP contribution in [0.3, 0.4) is 0 Å². The molecule has 0 radical (unpaired) electrons. The van der Waals surface area contributed by atoms with Crippen LogP contribution in [0.1, 0.15) is 26.2 Å². The number of rotatable bonds is 6. The maximum atomic E-state index is 12.3. The quantitative estimate of drug-likeness (QED) is 0.873. The number of ether oxygens (including phenoxy) is 2. The fraction of sp³-hybridized carbons (Fsp3) is 0.529. The van der Waals surface area contributed by atoms with Gasteiger partial charge in [0.05, 0.1) is 11.8 Å². The van der Waals surface area contributed by atoms with Crippen molar-refractivity contribution in [3.05, 3.63) is 18.2 Å².